The van der Waals surface area contributed by atoms with E-state index in [9.17, 15) is 9.59 Å². The third-order valence-electron chi connectivity index (χ3n) is 3.96. The molecule has 0 atom stereocenters. The fourth-order valence-electron chi connectivity index (χ4n) is 2.48. The van der Waals surface area contributed by atoms with Crippen LogP contribution in [-0.4, -0.2) is 16.8 Å². The van der Waals surface area contributed by atoms with Crippen molar-refractivity contribution in [1.29, 1.82) is 0 Å². The van der Waals surface area contributed by atoms with Crippen molar-refractivity contribution in [3.05, 3.63) is 88.7 Å². The summed E-state index contributed by atoms with van der Waals surface area (Å²) in [6.45, 7) is 2.07. The summed E-state index contributed by atoms with van der Waals surface area (Å²) >= 11 is 5.92. The van der Waals surface area contributed by atoms with E-state index in [4.69, 9.17) is 11.6 Å². The number of carbonyl (C=O) groups excluding carboxylic acids is 2. The van der Waals surface area contributed by atoms with E-state index in [-0.39, 0.29) is 17.5 Å². The van der Waals surface area contributed by atoms with Crippen molar-refractivity contribution in [2.45, 2.75) is 13.3 Å². The Morgan fingerprint density at radius 1 is 0.926 bits per heavy atom. The molecule has 0 aliphatic carbocycles. The number of anilines is 2. The molecule has 1 heterocycles. The predicted molar refractivity (Wildman–Crippen MR) is 107 cm³/mol. The van der Waals surface area contributed by atoms with Gasteiger partial charge >= 0.3 is 0 Å². The minimum absolute atomic E-state index is 0.160. The number of nitrogens with zero attached hydrogens (tertiary/aromatic N) is 1. The summed E-state index contributed by atoms with van der Waals surface area (Å²) < 4.78 is 0. The predicted octanol–water partition coefficient (Wildman–Crippen LogP) is 4.80. The molecule has 27 heavy (non-hydrogen) atoms. The highest BCUT2D eigenvalue weighted by atomic mass is 35.5. The lowest BCUT2D eigenvalue weighted by Gasteiger charge is -2.08. The number of hydrogen-bond donors (Lipinski definition) is 2. The third-order valence-corrected chi connectivity index (χ3v) is 4.19. The average molecular weight is 380 g/mol. The van der Waals surface area contributed by atoms with Crippen LogP contribution in [-0.2, 0) is 6.42 Å². The molecule has 3 rings (SSSR count). The second kappa shape index (κ2) is 8.47. The molecule has 3 aromatic rings. The Balaban J connectivity index is 1.71. The van der Waals surface area contributed by atoms with Crippen molar-refractivity contribution in [2.24, 2.45) is 0 Å². The van der Waals surface area contributed by atoms with Gasteiger partial charge in [0.2, 0.25) is 0 Å². The summed E-state index contributed by atoms with van der Waals surface area (Å²) in [4.78, 5) is 28.9. The lowest BCUT2D eigenvalue weighted by molar-refractivity contribution is 0.102. The minimum atomic E-state index is -0.378. The Labute approximate surface area is 162 Å². The van der Waals surface area contributed by atoms with Gasteiger partial charge in [-0.05, 0) is 54.4 Å². The van der Waals surface area contributed by atoms with E-state index in [1.54, 1.807) is 30.3 Å². The summed E-state index contributed by atoms with van der Waals surface area (Å²) in [5.74, 6) is -0.724. The van der Waals surface area contributed by atoms with Crippen molar-refractivity contribution in [3.8, 4) is 0 Å². The Kier molecular flexibility index (Phi) is 5.84. The van der Waals surface area contributed by atoms with Crippen LogP contribution in [0.2, 0.25) is 5.02 Å². The summed E-state index contributed by atoms with van der Waals surface area (Å²) in [7, 11) is 0. The number of hydrogen-bond acceptors (Lipinski definition) is 3. The van der Waals surface area contributed by atoms with E-state index in [1.165, 1.54) is 17.8 Å². The van der Waals surface area contributed by atoms with Crippen molar-refractivity contribution in [3.63, 3.8) is 0 Å². The normalized spacial score (nSPS) is 10.3. The van der Waals surface area contributed by atoms with Crippen LogP contribution < -0.4 is 10.6 Å². The number of halogens is 1. The molecule has 0 saturated carbocycles. The van der Waals surface area contributed by atoms with Crippen LogP contribution in [0.3, 0.4) is 0 Å². The highest BCUT2D eigenvalue weighted by Gasteiger charge is 2.12. The Morgan fingerprint density at radius 3 is 2.37 bits per heavy atom. The molecule has 2 aromatic carbocycles. The molecule has 0 unspecified atom stereocenters. The first-order valence-electron chi connectivity index (χ1n) is 8.48. The zero-order chi connectivity index (χ0) is 19.2. The van der Waals surface area contributed by atoms with Crippen LogP contribution in [0.4, 0.5) is 11.4 Å². The average Bonchev–Trinajstić information content (AvgIpc) is 2.68. The molecule has 2 amide bonds. The Bertz CT molecular complexity index is 971. The Morgan fingerprint density at radius 2 is 1.67 bits per heavy atom. The lowest BCUT2D eigenvalue weighted by Crippen LogP contribution is -2.17. The number of carbonyl (C=O) groups is 2. The molecule has 0 aliphatic heterocycles. The van der Waals surface area contributed by atoms with Gasteiger partial charge in [0, 0.05) is 28.2 Å². The van der Waals surface area contributed by atoms with Crippen LogP contribution in [0.5, 0.6) is 0 Å². The first-order valence-corrected chi connectivity index (χ1v) is 8.86. The molecular weight excluding hydrogens is 362 g/mol. The van der Waals surface area contributed by atoms with E-state index in [1.807, 2.05) is 24.3 Å². The summed E-state index contributed by atoms with van der Waals surface area (Å²) in [6, 6.07) is 17.4. The number of rotatable bonds is 5. The van der Waals surface area contributed by atoms with Gasteiger partial charge in [-0.25, -0.2) is 0 Å². The van der Waals surface area contributed by atoms with E-state index < -0.39 is 0 Å². The van der Waals surface area contributed by atoms with E-state index in [2.05, 4.69) is 22.5 Å². The maximum Gasteiger partial charge on any atom is 0.274 e. The largest absolute Gasteiger partial charge is 0.322 e. The second-order valence-electron chi connectivity index (χ2n) is 5.90. The van der Waals surface area contributed by atoms with Gasteiger partial charge in [0.05, 0.1) is 0 Å². The van der Waals surface area contributed by atoms with Gasteiger partial charge in [0.25, 0.3) is 11.8 Å². The molecule has 5 nitrogen and oxygen atoms in total. The second-order valence-corrected chi connectivity index (χ2v) is 6.34. The van der Waals surface area contributed by atoms with Crippen molar-refractivity contribution in [2.75, 3.05) is 10.6 Å². The molecule has 1 aromatic heterocycles. The van der Waals surface area contributed by atoms with Gasteiger partial charge in [-0.15, -0.1) is 0 Å². The molecule has 0 radical (unpaired) electrons. The number of aryl methyl sites for hydroxylation is 1. The highest BCUT2D eigenvalue weighted by Crippen LogP contribution is 2.16. The molecule has 0 saturated heterocycles. The van der Waals surface area contributed by atoms with Gasteiger partial charge in [0.15, 0.2) is 0 Å². The quantitative estimate of drug-likeness (QED) is 0.668. The maximum absolute atomic E-state index is 12.4. The first-order chi connectivity index (χ1) is 13.0. The highest BCUT2D eigenvalue weighted by molar-refractivity contribution is 6.31. The third kappa shape index (κ3) is 4.92. The van der Waals surface area contributed by atoms with Crippen molar-refractivity contribution < 1.29 is 9.59 Å². The fourth-order valence-corrected chi connectivity index (χ4v) is 2.67. The van der Waals surface area contributed by atoms with E-state index in [0.717, 1.165) is 6.42 Å². The zero-order valence-corrected chi connectivity index (χ0v) is 15.5. The number of nitrogens with one attached hydrogen (secondary N) is 2. The van der Waals surface area contributed by atoms with Crippen molar-refractivity contribution in [1.82, 2.24) is 4.98 Å². The van der Waals surface area contributed by atoms with Gasteiger partial charge in [-0.3, -0.25) is 14.6 Å². The smallest absolute Gasteiger partial charge is 0.274 e. The fraction of sp³-hybridized carbons (Fsp3) is 0.0952. The molecule has 6 heteroatoms. The van der Waals surface area contributed by atoms with Gasteiger partial charge in [-0.1, -0.05) is 36.7 Å². The number of amides is 2. The van der Waals surface area contributed by atoms with Crippen molar-refractivity contribution >= 4 is 34.8 Å². The van der Waals surface area contributed by atoms with Gasteiger partial charge in [0.1, 0.15) is 5.69 Å². The molecule has 0 aliphatic rings. The number of pyridine rings is 1. The molecule has 0 bridgehead atoms. The molecule has 0 fully saturated rings. The minimum Gasteiger partial charge on any atom is -0.322 e. The molecule has 2 N–H and O–H groups in total. The van der Waals surface area contributed by atoms with Crippen LogP contribution >= 0.6 is 11.6 Å². The van der Waals surface area contributed by atoms with E-state index in [0.29, 0.717) is 22.0 Å². The maximum atomic E-state index is 12.4. The molecule has 0 spiro atoms. The van der Waals surface area contributed by atoms with Crippen LogP contribution in [0.15, 0.2) is 66.9 Å². The molecular formula is C21H18ClN3O2. The summed E-state index contributed by atoms with van der Waals surface area (Å²) in [5.41, 5.74) is 2.93. The van der Waals surface area contributed by atoms with Gasteiger partial charge in [-0.2, -0.15) is 0 Å². The first kappa shape index (κ1) is 18.6. The van der Waals surface area contributed by atoms with E-state index >= 15 is 0 Å². The summed E-state index contributed by atoms with van der Waals surface area (Å²) in [6.07, 6.45) is 2.36. The Hall–Kier alpha value is -3.18. The number of benzene rings is 2. The topological polar surface area (TPSA) is 71.1 Å². The zero-order valence-electron chi connectivity index (χ0n) is 14.7. The molecule has 136 valence electrons. The SMILES string of the molecule is CCc1ccc(NC(=O)c2cc(C(=O)Nc3cccc(Cl)c3)ccn2)cc1. The van der Waals surface area contributed by atoms with Crippen LogP contribution in [0, 0.1) is 0 Å². The monoisotopic (exact) mass is 379 g/mol. The van der Waals surface area contributed by atoms with Gasteiger partial charge < -0.3 is 10.6 Å². The summed E-state index contributed by atoms with van der Waals surface area (Å²) in [5, 5.41) is 6.05. The number of aromatic nitrogens is 1. The lowest BCUT2D eigenvalue weighted by atomic mass is 10.1. The van der Waals surface area contributed by atoms with Crippen LogP contribution in [0.25, 0.3) is 0 Å². The standard InChI is InChI=1S/C21H18ClN3O2/c1-2-14-6-8-17(9-7-14)24-21(27)19-12-15(10-11-23-19)20(26)25-18-5-3-4-16(22)13-18/h3-13H,2H2,1H3,(H,24,27)(H,25,26). The van der Waals surface area contributed by atoms with Crippen LogP contribution in [0.1, 0.15) is 33.3 Å².